The predicted octanol–water partition coefficient (Wildman–Crippen LogP) is 3.61. The smallest absolute Gasteiger partial charge is 0.338 e. The Morgan fingerprint density at radius 3 is 2.60 bits per heavy atom. The largest absolute Gasteiger partial charge is 0.493 e. The summed E-state index contributed by atoms with van der Waals surface area (Å²) in [6.07, 6.45) is 0. The second-order valence-electron chi connectivity index (χ2n) is 7.52. The number of benzene rings is 2. The number of ether oxygens (including phenoxy) is 4. The molecule has 0 aliphatic carbocycles. The summed E-state index contributed by atoms with van der Waals surface area (Å²) in [6, 6.07) is 11.3. The van der Waals surface area contributed by atoms with Gasteiger partial charge in [0.1, 0.15) is 0 Å². The van der Waals surface area contributed by atoms with Crippen LogP contribution in [0.3, 0.4) is 0 Å². The molecule has 1 aliphatic rings. The fourth-order valence-corrected chi connectivity index (χ4v) is 3.41. The number of hydrogen-bond acceptors (Lipinski definition) is 6. The van der Waals surface area contributed by atoms with Crippen molar-refractivity contribution in [3.8, 4) is 23.3 Å². The highest BCUT2D eigenvalue weighted by Gasteiger charge is 2.32. The molecule has 3 rings (SSSR count). The maximum absolute atomic E-state index is 12.1. The van der Waals surface area contributed by atoms with Crippen molar-refractivity contribution in [1.82, 2.24) is 4.90 Å². The first-order valence-corrected chi connectivity index (χ1v) is 9.66. The van der Waals surface area contributed by atoms with Crippen LogP contribution >= 0.6 is 0 Å². The molecule has 6 nitrogen and oxygen atoms in total. The summed E-state index contributed by atoms with van der Waals surface area (Å²) in [6.45, 7) is 5.69. The lowest BCUT2D eigenvalue weighted by Gasteiger charge is -2.30. The van der Waals surface area contributed by atoms with Crippen LogP contribution in [0.5, 0.6) is 11.5 Å². The van der Waals surface area contributed by atoms with Gasteiger partial charge in [-0.05, 0) is 49.2 Å². The summed E-state index contributed by atoms with van der Waals surface area (Å²) in [5.74, 6) is 7.52. The number of carbonyl (C=O) groups is 1. The van der Waals surface area contributed by atoms with Crippen LogP contribution in [-0.4, -0.2) is 44.5 Å². The zero-order chi connectivity index (χ0) is 21.7. The highest BCUT2D eigenvalue weighted by molar-refractivity contribution is 5.91. The van der Waals surface area contributed by atoms with Crippen molar-refractivity contribution in [1.29, 1.82) is 0 Å². The number of methoxy groups -OCH3 is 3. The number of fused-ring (bicyclic) bond motifs is 1. The van der Waals surface area contributed by atoms with Crippen LogP contribution in [0.2, 0.25) is 0 Å². The van der Waals surface area contributed by atoms with Crippen LogP contribution in [0, 0.1) is 11.8 Å². The van der Waals surface area contributed by atoms with Crippen molar-refractivity contribution in [2.75, 3.05) is 28.1 Å². The van der Waals surface area contributed by atoms with Gasteiger partial charge in [-0.25, -0.2) is 4.79 Å². The highest BCUT2D eigenvalue weighted by atomic mass is 16.7. The van der Waals surface area contributed by atoms with Crippen molar-refractivity contribution in [3.05, 3.63) is 58.7 Å². The van der Waals surface area contributed by atoms with E-state index in [1.54, 1.807) is 14.2 Å². The molecule has 0 spiro atoms. The molecule has 30 heavy (non-hydrogen) atoms. The third kappa shape index (κ3) is 4.59. The molecule has 0 saturated heterocycles. The van der Waals surface area contributed by atoms with Gasteiger partial charge in [0.05, 0.1) is 25.3 Å². The highest BCUT2D eigenvalue weighted by Crippen LogP contribution is 2.32. The quantitative estimate of drug-likeness (QED) is 0.413. The summed E-state index contributed by atoms with van der Waals surface area (Å²) in [7, 11) is 4.57. The SMILES string of the molecule is COCOc1ccc(C#CC(C)(C)N2Cc3cccc(C(=O)OC)c3C2)cc1OC. The molecule has 2 aromatic carbocycles. The van der Waals surface area contributed by atoms with Crippen LogP contribution < -0.4 is 9.47 Å². The van der Waals surface area contributed by atoms with Gasteiger partial charge in [0.25, 0.3) is 0 Å². The van der Waals surface area contributed by atoms with Crippen LogP contribution in [0.4, 0.5) is 0 Å². The van der Waals surface area contributed by atoms with Crippen LogP contribution in [0.1, 0.15) is 40.9 Å². The Bertz CT molecular complexity index is 987. The maximum Gasteiger partial charge on any atom is 0.338 e. The van der Waals surface area contributed by atoms with E-state index in [2.05, 4.69) is 36.7 Å². The zero-order valence-electron chi connectivity index (χ0n) is 18.1. The average molecular weight is 409 g/mol. The van der Waals surface area contributed by atoms with Gasteiger partial charge in [-0.2, -0.15) is 0 Å². The molecule has 0 aromatic heterocycles. The normalized spacial score (nSPS) is 13.2. The first-order chi connectivity index (χ1) is 14.4. The molecular weight excluding hydrogens is 382 g/mol. The molecule has 0 radical (unpaired) electrons. The molecule has 0 fully saturated rings. The molecule has 0 bridgehead atoms. The van der Waals surface area contributed by atoms with Gasteiger partial charge < -0.3 is 18.9 Å². The average Bonchev–Trinajstić information content (AvgIpc) is 3.21. The molecule has 1 heterocycles. The van der Waals surface area contributed by atoms with E-state index >= 15 is 0 Å². The first-order valence-electron chi connectivity index (χ1n) is 9.66. The Labute approximate surface area is 177 Å². The van der Waals surface area contributed by atoms with Crippen molar-refractivity contribution in [2.24, 2.45) is 0 Å². The Morgan fingerprint density at radius 2 is 1.90 bits per heavy atom. The molecular formula is C24H27NO5. The van der Waals surface area contributed by atoms with Crippen LogP contribution in [0.25, 0.3) is 0 Å². The molecule has 0 unspecified atom stereocenters. The van der Waals surface area contributed by atoms with Crippen molar-refractivity contribution < 1.29 is 23.7 Å². The van der Waals surface area contributed by atoms with E-state index in [1.807, 2.05) is 30.3 Å². The number of esters is 1. The standard InChI is InChI=1S/C24H27NO5/c1-24(2,12-11-17-9-10-21(30-16-27-3)22(13-17)28-4)25-14-18-7-6-8-19(20(18)15-25)23(26)29-5/h6-10,13H,14-16H2,1-5H3. The van der Waals surface area contributed by atoms with E-state index in [-0.39, 0.29) is 12.8 Å². The molecule has 0 N–H and O–H groups in total. The maximum atomic E-state index is 12.1. The van der Waals surface area contributed by atoms with Gasteiger partial charge in [-0.15, -0.1) is 0 Å². The molecule has 0 saturated carbocycles. The van der Waals surface area contributed by atoms with Gasteiger partial charge in [-0.1, -0.05) is 24.0 Å². The minimum Gasteiger partial charge on any atom is -0.493 e. The Morgan fingerprint density at radius 1 is 1.10 bits per heavy atom. The van der Waals surface area contributed by atoms with Gasteiger partial charge in [0.2, 0.25) is 0 Å². The lowest BCUT2D eigenvalue weighted by Crippen LogP contribution is -2.38. The Balaban J connectivity index is 1.80. The summed E-state index contributed by atoms with van der Waals surface area (Å²) in [5, 5.41) is 0. The van der Waals surface area contributed by atoms with Crippen molar-refractivity contribution >= 4 is 5.97 Å². The molecule has 1 aliphatic heterocycles. The van der Waals surface area contributed by atoms with E-state index in [0.29, 0.717) is 23.6 Å². The fraction of sp³-hybridized carbons (Fsp3) is 0.375. The lowest BCUT2D eigenvalue weighted by molar-refractivity contribution is 0.0491. The number of hydrogen-bond donors (Lipinski definition) is 0. The second kappa shape index (κ2) is 9.21. The lowest BCUT2D eigenvalue weighted by atomic mass is 10.0. The van der Waals surface area contributed by atoms with Gasteiger partial charge in [0, 0.05) is 25.8 Å². The van der Waals surface area contributed by atoms with Crippen molar-refractivity contribution in [3.63, 3.8) is 0 Å². The summed E-state index contributed by atoms with van der Waals surface area (Å²) >= 11 is 0. The minimum absolute atomic E-state index is 0.150. The summed E-state index contributed by atoms with van der Waals surface area (Å²) in [5.41, 5.74) is 3.20. The molecule has 0 atom stereocenters. The fourth-order valence-electron chi connectivity index (χ4n) is 3.41. The summed E-state index contributed by atoms with van der Waals surface area (Å²) < 4.78 is 20.8. The second-order valence-corrected chi connectivity index (χ2v) is 7.52. The molecule has 158 valence electrons. The third-order valence-corrected chi connectivity index (χ3v) is 5.19. The van der Waals surface area contributed by atoms with Crippen molar-refractivity contribution in [2.45, 2.75) is 32.5 Å². The van der Waals surface area contributed by atoms with E-state index in [1.165, 1.54) is 7.11 Å². The topological polar surface area (TPSA) is 57.2 Å². The number of rotatable bonds is 6. The Hall–Kier alpha value is -3.01. The monoisotopic (exact) mass is 409 g/mol. The zero-order valence-corrected chi connectivity index (χ0v) is 18.1. The Kier molecular flexibility index (Phi) is 6.66. The van der Waals surface area contributed by atoms with E-state index in [0.717, 1.165) is 23.2 Å². The number of carbonyl (C=O) groups excluding carboxylic acids is 1. The van der Waals surface area contributed by atoms with Crippen LogP contribution in [-0.2, 0) is 22.6 Å². The van der Waals surface area contributed by atoms with E-state index in [4.69, 9.17) is 18.9 Å². The minimum atomic E-state index is -0.398. The van der Waals surface area contributed by atoms with E-state index in [9.17, 15) is 4.79 Å². The molecule has 6 heteroatoms. The number of nitrogens with zero attached hydrogens (tertiary/aromatic N) is 1. The van der Waals surface area contributed by atoms with Gasteiger partial charge >= 0.3 is 5.97 Å². The predicted molar refractivity (Wildman–Crippen MR) is 113 cm³/mol. The van der Waals surface area contributed by atoms with Gasteiger partial charge in [-0.3, -0.25) is 4.90 Å². The van der Waals surface area contributed by atoms with E-state index < -0.39 is 5.54 Å². The molecule has 2 aromatic rings. The third-order valence-electron chi connectivity index (χ3n) is 5.19. The first kappa shape index (κ1) is 21.7. The van der Waals surface area contributed by atoms with Gasteiger partial charge in [0.15, 0.2) is 18.3 Å². The summed E-state index contributed by atoms with van der Waals surface area (Å²) in [4.78, 5) is 14.3. The van der Waals surface area contributed by atoms with Crippen LogP contribution in [0.15, 0.2) is 36.4 Å². The molecule has 0 amide bonds.